The topological polar surface area (TPSA) is 69.6 Å². The summed E-state index contributed by atoms with van der Waals surface area (Å²) in [6.45, 7) is 0. The van der Waals surface area contributed by atoms with Crippen molar-refractivity contribution in [1.82, 2.24) is 5.32 Å². The average Bonchev–Trinajstić information content (AvgIpc) is 3.16. The van der Waals surface area contributed by atoms with Gasteiger partial charge in [0.1, 0.15) is 12.3 Å². The first kappa shape index (κ1) is 21.6. The SMILES string of the molecule is O=C1NC(O)CCC1N1C(=O)c2cc(-c3cccc(CCc4ccccc4)c3)cc3cccc1c23. The number of nitrogens with one attached hydrogen (secondary N) is 1. The molecule has 2 amide bonds. The second-order valence-electron chi connectivity index (χ2n) is 9.38. The Balaban J connectivity index is 1.34. The summed E-state index contributed by atoms with van der Waals surface area (Å²) in [6.07, 6.45) is 1.92. The van der Waals surface area contributed by atoms with E-state index in [9.17, 15) is 14.7 Å². The first-order chi connectivity index (χ1) is 17.1. The number of aliphatic hydroxyl groups excluding tert-OH is 1. The van der Waals surface area contributed by atoms with Gasteiger partial charge in [0, 0.05) is 5.39 Å². The molecule has 0 bridgehead atoms. The summed E-state index contributed by atoms with van der Waals surface area (Å²) >= 11 is 0. The van der Waals surface area contributed by atoms with Crippen LogP contribution in [0.25, 0.3) is 21.9 Å². The fourth-order valence-electron chi connectivity index (χ4n) is 5.36. The summed E-state index contributed by atoms with van der Waals surface area (Å²) in [7, 11) is 0. The van der Waals surface area contributed by atoms with Crippen LogP contribution in [0.2, 0.25) is 0 Å². The molecule has 4 aromatic rings. The molecule has 0 aliphatic carbocycles. The van der Waals surface area contributed by atoms with Gasteiger partial charge in [-0.3, -0.25) is 14.5 Å². The Morgan fingerprint density at radius 1 is 0.800 bits per heavy atom. The number of nitrogens with zero attached hydrogens (tertiary/aromatic N) is 1. The van der Waals surface area contributed by atoms with E-state index in [1.807, 2.05) is 30.3 Å². The van der Waals surface area contributed by atoms with Crippen LogP contribution < -0.4 is 10.2 Å². The molecule has 2 unspecified atom stereocenters. The third-order valence-corrected chi connectivity index (χ3v) is 7.11. The predicted octanol–water partition coefficient (Wildman–Crippen LogP) is 4.85. The Bertz CT molecular complexity index is 1450. The number of carbonyl (C=O) groups excluding carboxylic acids is 2. The lowest BCUT2D eigenvalue weighted by atomic mass is 9.95. The Kier molecular flexibility index (Phi) is 5.34. The molecule has 5 nitrogen and oxygen atoms in total. The fraction of sp³-hybridized carbons (Fsp3) is 0.200. The smallest absolute Gasteiger partial charge is 0.259 e. The van der Waals surface area contributed by atoms with Crippen LogP contribution in [-0.4, -0.2) is 29.2 Å². The van der Waals surface area contributed by atoms with Crippen LogP contribution in [0.5, 0.6) is 0 Å². The molecule has 174 valence electrons. The Morgan fingerprint density at radius 2 is 1.57 bits per heavy atom. The highest BCUT2D eigenvalue weighted by atomic mass is 16.3. The van der Waals surface area contributed by atoms with Crippen molar-refractivity contribution < 1.29 is 14.7 Å². The lowest BCUT2D eigenvalue weighted by Gasteiger charge is -2.32. The van der Waals surface area contributed by atoms with Crippen molar-refractivity contribution in [3.05, 3.63) is 102 Å². The molecular weight excluding hydrogens is 436 g/mol. The summed E-state index contributed by atoms with van der Waals surface area (Å²) in [5.74, 6) is -0.469. The van der Waals surface area contributed by atoms with Crippen LogP contribution in [0.4, 0.5) is 5.69 Å². The maximum atomic E-state index is 13.6. The van der Waals surface area contributed by atoms with E-state index in [0.29, 0.717) is 18.4 Å². The lowest BCUT2D eigenvalue weighted by Crippen LogP contribution is -2.55. The maximum absolute atomic E-state index is 13.6. The number of aliphatic hydroxyl groups is 1. The third kappa shape index (κ3) is 3.88. The minimum absolute atomic E-state index is 0.158. The van der Waals surface area contributed by atoms with Crippen LogP contribution in [0.1, 0.15) is 34.3 Å². The van der Waals surface area contributed by atoms with E-state index >= 15 is 0 Å². The van der Waals surface area contributed by atoms with Crippen LogP contribution in [0.3, 0.4) is 0 Å². The highest BCUT2D eigenvalue weighted by molar-refractivity contribution is 6.27. The average molecular weight is 463 g/mol. The van der Waals surface area contributed by atoms with Crippen LogP contribution in [-0.2, 0) is 17.6 Å². The van der Waals surface area contributed by atoms with Gasteiger partial charge in [0.05, 0.1) is 11.3 Å². The largest absolute Gasteiger partial charge is 0.374 e. The molecule has 4 aromatic carbocycles. The summed E-state index contributed by atoms with van der Waals surface area (Å²) in [4.78, 5) is 27.8. The van der Waals surface area contributed by atoms with E-state index in [2.05, 4.69) is 59.9 Å². The van der Waals surface area contributed by atoms with Gasteiger partial charge in [0.25, 0.3) is 5.91 Å². The van der Waals surface area contributed by atoms with Crippen molar-refractivity contribution in [3.8, 4) is 11.1 Å². The lowest BCUT2D eigenvalue weighted by molar-refractivity contribution is -0.128. The van der Waals surface area contributed by atoms with Crippen molar-refractivity contribution in [2.75, 3.05) is 4.90 Å². The molecule has 6 rings (SSSR count). The monoisotopic (exact) mass is 462 g/mol. The zero-order valence-electron chi connectivity index (χ0n) is 19.3. The molecule has 35 heavy (non-hydrogen) atoms. The number of rotatable bonds is 5. The molecule has 1 saturated heterocycles. The van der Waals surface area contributed by atoms with Gasteiger partial charge in [-0.2, -0.15) is 0 Å². The molecule has 5 heteroatoms. The molecular formula is C30H26N2O3. The third-order valence-electron chi connectivity index (χ3n) is 7.11. The molecule has 2 heterocycles. The van der Waals surface area contributed by atoms with E-state index in [1.165, 1.54) is 11.1 Å². The van der Waals surface area contributed by atoms with Gasteiger partial charge in [0.15, 0.2) is 0 Å². The Labute approximate surface area is 204 Å². The minimum Gasteiger partial charge on any atom is -0.374 e. The van der Waals surface area contributed by atoms with E-state index < -0.39 is 12.3 Å². The predicted molar refractivity (Wildman–Crippen MR) is 137 cm³/mol. The van der Waals surface area contributed by atoms with Crippen molar-refractivity contribution in [1.29, 1.82) is 0 Å². The van der Waals surface area contributed by atoms with Gasteiger partial charge in [-0.1, -0.05) is 66.7 Å². The normalized spacial score (nSPS) is 19.3. The van der Waals surface area contributed by atoms with Crippen LogP contribution in [0, 0.1) is 0 Å². The minimum atomic E-state index is -0.851. The van der Waals surface area contributed by atoms with Crippen LogP contribution >= 0.6 is 0 Å². The number of hydrogen-bond acceptors (Lipinski definition) is 3. The summed E-state index contributed by atoms with van der Waals surface area (Å²) < 4.78 is 0. The number of carbonyl (C=O) groups is 2. The van der Waals surface area contributed by atoms with Crippen molar-refractivity contribution in [3.63, 3.8) is 0 Å². The molecule has 0 radical (unpaired) electrons. The maximum Gasteiger partial charge on any atom is 0.259 e. The molecule has 0 aromatic heterocycles. The van der Waals surface area contributed by atoms with Gasteiger partial charge in [-0.25, -0.2) is 0 Å². The number of hydrogen-bond donors (Lipinski definition) is 2. The number of anilines is 1. The molecule has 2 N–H and O–H groups in total. The zero-order valence-corrected chi connectivity index (χ0v) is 19.3. The fourth-order valence-corrected chi connectivity index (χ4v) is 5.36. The van der Waals surface area contributed by atoms with Gasteiger partial charge < -0.3 is 10.4 Å². The summed E-state index contributed by atoms with van der Waals surface area (Å²) in [6, 6.07) is 28.3. The first-order valence-corrected chi connectivity index (χ1v) is 12.1. The molecule has 1 fully saturated rings. The highest BCUT2D eigenvalue weighted by Gasteiger charge is 2.40. The first-order valence-electron chi connectivity index (χ1n) is 12.1. The quantitative estimate of drug-likeness (QED) is 0.446. The Morgan fingerprint density at radius 3 is 2.40 bits per heavy atom. The number of piperidine rings is 1. The molecule has 2 atom stereocenters. The number of aryl methyl sites for hydroxylation is 2. The van der Waals surface area contributed by atoms with E-state index in [1.54, 1.807) is 4.90 Å². The molecule has 0 spiro atoms. The molecule has 0 saturated carbocycles. The van der Waals surface area contributed by atoms with Gasteiger partial charge in [-0.15, -0.1) is 0 Å². The summed E-state index contributed by atoms with van der Waals surface area (Å²) in [5.41, 5.74) is 6.02. The van der Waals surface area contributed by atoms with Gasteiger partial charge >= 0.3 is 0 Å². The van der Waals surface area contributed by atoms with Gasteiger partial charge in [-0.05, 0) is 71.5 Å². The van der Waals surface area contributed by atoms with E-state index in [0.717, 1.165) is 40.4 Å². The summed E-state index contributed by atoms with van der Waals surface area (Å²) in [5, 5.41) is 14.2. The number of benzene rings is 4. The number of amides is 2. The van der Waals surface area contributed by atoms with Crippen LogP contribution in [0.15, 0.2) is 84.9 Å². The zero-order chi connectivity index (χ0) is 23.9. The van der Waals surface area contributed by atoms with Crippen molar-refractivity contribution >= 4 is 28.3 Å². The second kappa shape index (κ2) is 8.67. The Hall–Kier alpha value is -3.96. The van der Waals surface area contributed by atoms with Gasteiger partial charge in [0.2, 0.25) is 5.91 Å². The van der Waals surface area contributed by atoms with E-state index in [4.69, 9.17) is 0 Å². The van der Waals surface area contributed by atoms with Crippen molar-refractivity contribution in [2.45, 2.75) is 38.0 Å². The molecule has 2 aliphatic rings. The highest BCUT2D eigenvalue weighted by Crippen LogP contribution is 2.42. The standard InChI is InChI=1S/C30H26N2O3/c33-27-15-14-26(29(34)31-27)32-25-11-5-10-22-17-23(18-24(28(22)25)30(32)35)21-9-4-8-20(16-21)13-12-19-6-2-1-3-7-19/h1-11,16-18,26-27,33H,12-15H2,(H,31,34). The second-order valence-corrected chi connectivity index (χ2v) is 9.38. The van der Waals surface area contributed by atoms with E-state index in [-0.39, 0.29) is 11.8 Å². The molecule has 2 aliphatic heterocycles. The van der Waals surface area contributed by atoms with Crippen molar-refractivity contribution in [2.24, 2.45) is 0 Å².